The summed E-state index contributed by atoms with van der Waals surface area (Å²) in [4.78, 5) is 2.12. The summed E-state index contributed by atoms with van der Waals surface area (Å²) in [6, 6.07) is 7.75. The van der Waals surface area contributed by atoms with Gasteiger partial charge in [-0.15, -0.1) is 0 Å². The van der Waals surface area contributed by atoms with Crippen LogP contribution in [-0.4, -0.2) is 42.0 Å². The molecule has 0 aromatic heterocycles. The molecule has 1 atom stereocenters. The minimum Gasteiger partial charge on any atom is -0.494 e. The van der Waals surface area contributed by atoms with Crippen molar-refractivity contribution in [2.75, 3.05) is 19.7 Å². The van der Waals surface area contributed by atoms with Crippen LogP contribution >= 0.6 is 0 Å². The van der Waals surface area contributed by atoms with E-state index in [9.17, 15) is 18.3 Å². The number of ether oxygens (including phenoxy) is 1. The molecule has 0 radical (unpaired) electrons. The number of hydrogen-bond acceptors (Lipinski definition) is 3. The van der Waals surface area contributed by atoms with Crippen LogP contribution in [0, 0.1) is 5.92 Å². The van der Waals surface area contributed by atoms with Crippen molar-refractivity contribution >= 4 is 0 Å². The van der Waals surface area contributed by atoms with Gasteiger partial charge in [0.1, 0.15) is 5.75 Å². The van der Waals surface area contributed by atoms with E-state index in [4.69, 9.17) is 4.74 Å². The summed E-state index contributed by atoms with van der Waals surface area (Å²) >= 11 is 0. The number of nitrogens with zero attached hydrogens (tertiary/aromatic N) is 1. The maximum absolute atomic E-state index is 12.5. The zero-order valence-electron chi connectivity index (χ0n) is 12.6. The first kappa shape index (κ1) is 17.1. The van der Waals surface area contributed by atoms with Gasteiger partial charge in [-0.25, -0.2) is 0 Å². The number of aliphatic hydroxyl groups is 1. The van der Waals surface area contributed by atoms with E-state index in [2.05, 4.69) is 4.90 Å². The lowest BCUT2D eigenvalue weighted by Crippen LogP contribution is -2.43. The Morgan fingerprint density at radius 2 is 2.00 bits per heavy atom. The molecule has 1 fully saturated rings. The van der Waals surface area contributed by atoms with Crippen LogP contribution in [-0.2, 0) is 6.54 Å². The Morgan fingerprint density at radius 3 is 2.59 bits per heavy atom. The summed E-state index contributed by atoms with van der Waals surface area (Å²) in [7, 11) is 0. The van der Waals surface area contributed by atoms with Gasteiger partial charge in [-0.2, -0.15) is 13.2 Å². The van der Waals surface area contributed by atoms with Crippen LogP contribution in [0.25, 0.3) is 0 Å². The number of benzene rings is 1. The number of rotatable bonds is 5. The third kappa shape index (κ3) is 4.61. The molecule has 3 nitrogen and oxygen atoms in total. The number of aliphatic hydroxyl groups excluding tert-OH is 1. The van der Waals surface area contributed by atoms with Crippen LogP contribution < -0.4 is 4.74 Å². The van der Waals surface area contributed by atoms with Gasteiger partial charge in [-0.05, 0) is 56.5 Å². The number of hydrogen-bond donors (Lipinski definition) is 1. The first-order valence-electron chi connectivity index (χ1n) is 7.59. The standard InChI is InChI=1S/C16H22F3NO2/c1-2-22-14-5-3-4-12(10-14)11-20-8-6-13(7-9-20)15(21)16(17,18)19/h3-5,10,13,15,21H,2,6-9,11H2,1H3. The first-order valence-corrected chi connectivity index (χ1v) is 7.59. The summed E-state index contributed by atoms with van der Waals surface area (Å²) in [5, 5.41) is 9.32. The summed E-state index contributed by atoms with van der Waals surface area (Å²) < 4.78 is 43.0. The van der Waals surface area contributed by atoms with Gasteiger partial charge in [0.2, 0.25) is 0 Å². The molecule has 1 aliphatic heterocycles. The second-order valence-corrected chi connectivity index (χ2v) is 5.68. The Labute approximate surface area is 128 Å². The lowest BCUT2D eigenvalue weighted by Gasteiger charge is -2.34. The summed E-state index contributed by atoms with van der Waals surface area (Å²) in [6.45, 7) is 4.34. The van der Waals surface area contributed by atoms with E-state index in [0.29, 0.717) is 39.1 Å². The topological polar surface area (TPSA) is 32.7 Å². The van der Waals surface area contributed by atoms with Gasteiger partial charge in [0.25, 0.3) is 0 Å². The summed E-state index contributed by atoms with van der Waals surface area (Å²) in [5.74, 6) is 0.119. The lowest BCUT2D eigenvalue weighted by molar-refractivity contribution is -0.223. The molecule has 0 aliphatic carbocycles. The molecule has 1 aromatic carbocycles. The molecule has 0 saturated carbocycles. The van der Waals surface area contributed by atoms with E-state index in [1.165, 1.54) is 0 Å². The molecule has 1 unspecified atom stereocenters. The molecule has 0 bridgehead atoms. The Balaban J connectivity index is 1.86. The molecule has 1 aliphatic rings. The highest BCUT2D eigenvalue weighted by Gasteiger charge is 2.44. The van der Waals surface area contributed by atoms with Gasteiger partial charge in [0, 0.05) is 6.54 Å². The Hall–Kier alpha value is -1.27. The maximum atomic E-state index is 12.5. The third-order valence-electron chi connectivity index (χ3n) is 4.03. The highest BCUT2D eigenvalue weighted by molar-refractivity contribution is 5.28. The van der Waals surface area contributed by atoms with E-state index in [0.717, 1.165) is 11.3 Å². The van der Waals surface area contributed by atoms with Crippen LogP contribution in [0.4, 0.5) is 13.2 Å². The Bertz CT molecular complexity index is 471. The minimum atomic E-state index is -4.52. The van der Waals surface area contributed by atoms with Gasteiger partial charge >= 0.3 is 6.18 Å². The van der Waals surface area contributed by atoms with Crippen molar-refractivity contribution in [3.8, 4) is 5.75 Å². The van der Waals surface area contributed by atoms with Crippen LogP contribution in [0.1, 0.15) is 25.3 Å². The van der Waals surface area contributed by atoms with E-state index in [1.54, 1.807) is 0 Å². The van der Waals surface area contributed by atoms with Crippen LogP contribution in [0.3, 0.4) is 0 Å². The van der Waals surface area contributed by atoms with Gasteiger partial charge in [0.15, 0.2) is 6.10 Å². The average molecular weight is 317 g/mol. The molecule has 2 rings (SSSR count). The van der Waals surface area contributed by atoms with Crippen molar-refractivity contribution in [2.24, 2.45) is 5.92 Å². The van der Waals surface area contributed by atoms with Gasteiger partial charge in [-0.3, -0.25) is 4.90 Å². The Morgan fingerprint density at radius 1 is 1.32 bits per heavy atom. The molecular weight excluding hydrogens is 295 g/mol. The molecule has 0 spiro atoms. The predicted molar refractivity (Wildman–Crippen MR) is 77.7 cm³/mol. The molecule has 0 amide bonds. The SMILES string of the molecule is CCOc1cccc(CN2CCC(C(O)C(F)(F)F)CC2)c1. The molecule has 22 heavy (non-hydrogen) atoms. The quantitative estimate of drug-likeness (QED) is 0.905. The number of halogens is 3. The summed E-state index contributed by atoms with van der Waals surface area (Å²) in [5.41, 5.74) is 1.08. The van der Waals surface area contributed by atoms with Crippen molar-refractivity contribution in [1.82, 2.24) is 4.90 Å². The van der Waals surface area contributed by atoms with Gasteiger partial charge < -0.3 is 9.84 Å². The van der Waals surface area contributed by atoms with Gasteiger partial charge in [-0.1, -0.05) is 12.1 Å². The largest absolute Gasteiger partial charge is 0.494 e. The first-order chi connectivity index (χ1) is 10.4. The zero-order chi connectivity index (χ0) is 16.2. The molecule has 1 aromatic rings. The smallest absolute Gasteiger partial charge is 0.414 e. The zero-order valence-corrected chi connectivity index (χ0v) is 12.6. The van der Waals surface area contributed by atoms with Crippen molar-refractivity contribution in [2.45, 2.75) is 38.6 Å². The molecule has 1 N–H and O–H groups in total. The monoisotopic (exact) mass is 317 g/mol. The number of likely N-dealkylation sites (tertiary alicyclic amines) is 1. The fourth-order valence-corrected chi connectivity index (χ4v) is 2.85. The molecular formula is C16H22F3NO2. The second kappa shape index (κ2) is 7.33. The van der Waals surface area contributed by atoms with Crippen LogP contribution in [0.15, 0.2) is 24.3 Å². The fourth-order valence-electron chi connectivity index (χ4n) is 2.85. The van der Waals surface area contributed by atoms with E-state index < -0.39 is 18.2 Å². The third-order valence-corrected chi connectivity index (χ3v) is 4.03. The van der Waals surface area contributed by atoms with Crippen molar-refractivity contribution < 1.29 is 23.0 Å². The fraction of sp³-hybridized carbons (Fsp3) is 0.625. The number of piperidine rings is 1. The molecule has 124 valence electrons. The van der Waals surface area contributed by atoms with E-state index in [1.807, 2.05) is 31.2 Å². The maximum Gasteiger partial charge on any atom is 0.414 e. The van der Waals surface area contributed by atoms with Crippen LogP contribution in [0.2, 0.25) is 0 Å². The van der Waals surface area contributed by atoms with Crippen molar-refractivity contribution in [3.05, 3.63) is 29.8 Å². The lowest BCUT2D eigenvalue weighted by atomic mass is 9.90. The van der Waals surface area contributed by atoms with E-state index >= 15 is 0 Å². The number of alkyl halides is 3. The highest BCUT2D eigenvalue weighted by Crippen LogP contribution is 2.32. The average Bonchev–Trinajstić information content (AvgIpc) is 2.47. The normalized spacial score (nSPS) is 19.1. The van der Waals surface area contributed by atoms with Crippen LogP contribution in [0.5, 0.6) is 5.75 Å². The Kier molecular flexibility index (Phi) is 5.69. The predicted octanol–water partition coefficient (Wildman–Crippen LogP) is 3.22. The minimum absolute atomic E-state index is 0.367. The highest BCUT2D eigenvalue weighted by atomic mass is 19.4. The van der Waals surface area contributed by atoms with Crippen molar-refractivity contribution in [1.29, 1.82) is 0 Å². The molecule has 1 heterocycles. The van der Waals surface area contributed by atoms with Gasteiger partial charge in [0.05, 0.1) is 6.61 Å². The summed E-state index contributed by atoms with van der Waals surface area (Å²) in [6.07, 6.45) is -5.98. The molecule has 1 saturated heterocycles. The van der Waals surface area contributed by atoms with Crippen molar-refractivity contribution in [3.63, 3.8) is 0 Å². The second-order valence-electron chi connectivity index (χ2n) is 5.68. The molecule has 6 heteroatoms. The van der Waals surface area contributed by atoms with E-state index in [-0.39, 0.29) is 0 Å².